The summed E-state index contributed by atoms with van der Waals surface area (Å²) in [5, 5.41) is 11.2. The average molecular weight is 818 g/mol. The molecule has 2 unspecified atom stereocenters. The summed E-state index contributed by atoms with van der Waals surface area (Å²) in [7, 11) is 9.58. The number of amides is 1. The molecule has 13 nitrogen and oxygen atoms in total. The fourth-order valence-corrected chi connectivity index (χ4v) is 7.20. The van der Waals surface area contributed by atoms with E-state index in [1.54, 1.807) is 54.8 Å². The van der Waals surface area contributed by atoms with Gasteiger partial charge in [-0.05, 0) is 73.0 Å². The Morgan fingerprint density at radius 2 is 1.21 bits per heavy atom. The molecule has 14 heteroatoms. The van der Waals surface area contributed by atoms with E-state index in [0.717, 1.165) is 73.0 Å². The van der Waals surface area contributed by atoms with Crippen LogP contribution >= 0.6 is 11.6 Å². The molecule has 4 aromatic rings. The van der Waals surface area contributed by atoms with Crippen LogP contribution < -0.4 is 48.5 Å². The van der Waals surface area contributed by atoms with Gasteiger partial charge < -0.3 is 53.4 Å². The molecule has 0 saturated carbocycles. The number of ether oxygens (including phenoxy) is 8. The Morgan fingerprint density at radius 3 is 1.83 bits per heavy atom. The molecule has 1 amide bonds. The van der Waals surface area contributed by atoms with Gasteiger partial charge in [-0.15, -0.1) is 0 Å². The van der Waals surface area contributed by atoms with Crippen LogP contribution in [0.2, 0.25) is 5.02 Å². The van der Waals surface area contributed by atoms with Crippen LogP contribution in [0.25, 0.3) is 0 Å². The number of nitrogens with zero attached hydrogens (tertiary/aromatic N) is 1. The number of benzene rings is 4. The Kier molecular flexibility index (Phi) is 14.6. The number of methoxy groups -OCH3 is 6. The van der Waals surface area contributed by atoms with Gasteiger partial charge in [0.15, 0.2) is 40.6 Å². The normalized spacial score (nSPS) is 15.6. The van der Waals surface area contributed by atoms with Gasteiger partial charge in [-0.3, -0.25) is 4.79 Å². The Bertz CT molecular complexity index is 2030. The molecular weight excluding hydrogens is 766 g/mol. The number of carbonyl (C=O) groups is 1. The topological polar surface area (TPSA) is 137 Å². The van der Waals surface area contributed by atoms with Crippen molar-refractivity contribution in [3.8, 4) is 46.0 Å². The molecule has 0 aliphatic carbocycles. The minimum atomic E-state index is -0.403. The van der Waals surface area contributed by atoms with Crippen LogP contribution in [0.4, 0.5) is 5.69 Å². The summed E-state index contributed by atoms with van der Waals surface area (Å²) >= 11 is 6.07. The van der Waals surface area contributed by atoms with Crippen LogP contribution in [0.5, 0.6) is 46.0 Å². The molecule has 2 aliphatic rings. The highest BCUT2D eigenvalue weighted by Crippen LogP contribution is 2.44. The fraction of sp³-hybridized carbons (Fsp3) is 0.409. The number of fused-ring (bicyclic) bond motifs is 1. The molecule has 0 saturated heterocycles. The summed E-state index contributed by atoms with van der Waals surface area (Å²) in [6.07, 6.45) is 7.12. The standard InChI is InChI=1S/C44H52ClN3O10/c1-50-36-20-27(43-46-32-16-15-30(45)25-31(32)44(49)47-43)14-17-34(36)56-18-12-10-8-7-9-11-13-19-57-42-39(53-4)21-28(22-40(42)54-5)33-26-35(58-48-33)29-23-37(51-2)41(55-6)38(24-29)52-3/h14-17,20-25,35,43,46H,7-13,18-19,26H2,1-6H3,(H,47,49). The molecule has 0 fully saturated rings. The van der Waals surface area contributed by atoms with Crippen LogP contribution in [0, 0.1) is 0 Å². The maximum atomic E-state index is 12.7. The molecule has 0 aromatic heterocycles. The van der Waals surface area contributed by atoms with E-state index >= 15 is 0 Å². The lowest BCUT2D eigenvalue weighted by Gasteiger charge is -2.28. The first-order chi connectivity index (χ1) is 28.3. The van der Waals surface area contributed by atoms with Gasteiger partial charge in [0.05, 0.1) is 67.1 Å². The van der Waals surface area contributed by atoms with Crippen molar-refractivity contribution in [2.45, 2.75) is 63.6 Å². The van der Waals surface area contributed by atoms with Crippen LogP contribution in [0.1, 0.15) is 90.7 Å². The lowest BCUT2D eigenvalue weighted by Crippen LogP contribution is -2.38. The molecule has 6 rings (SSSR count). The predicted octanol–water partition coefficient (Wildman–Crippen LogP) is 9.30. The smallest absolute Gasteiger partial charge is 0.255 e. The van der Waals surface area contributed by atoms with Gasteiger partial charge in [-0.1, -0.05) is 54.9 Å². The Balaban J connectivity index is 0.897. The molecule has 0 spiro atoms. The quantitative estimate of drug-likeness (QED) is 0.0779. The molecule has 2 aliphatic heterocycles. The summed E-state index contributed by atoms with van der Waals surface area (Å²) < 4.78 is 45.9. The zero-order valence-corrected chi connectivity index (χ0v) is 34.7. The van der Waals surface area contributed by atoms with Crippen LogP contribution in [0.15, 0.2) is 65.8 Å². The summed E-state index contributed by atoms with van der Waals surface area (Å²) in [6.45, 7) is 1.13. The van der Waals surface area contributed by atoms with E-state index in [4.69, 9.17) is 54.3 Å². The number of rotatable bonds is 21. The van der Waals surface area contributed by atoms with Crippen molar-refractivity contribution in [3.63, 3.8) is 0 Å². The highest BCUT2D eigenvalue weighted by Gasteiger charge is 2.29. The molecular formula is C44H52ClN3O10. The van der Waals surface area contributed by atoms with Crippen LogP contribution in [-0.4, -0.2) is 67.5 Å². The molecule has 310 valence electrons. The summed E-state index contributed by atoms with van der Waals surface area (Å²) in [4.78, 5) is 18.5. The van der Waals surface area contributed by atoms with E-state index in [2.05, 4.69) is 15.8 Å². The second kappa shape index (κ2) is 20.1. The number of hydrogen-bond donors (Lipinski definition) is 2. The van der Waals surface area contributed by atoms with Crippen molar-refractivity contribution in [3.05, 3.63) is 87.9 Å². The van der Waals surface area contributed by atoms with Crippen molar-refractivity contribution in [1.82, 2.24) is 5.32 Å². The molecule has 0 radical (unpaired) electrons. The first-order valence-electron chi connectivity index (χ1n) is 19.4. The van der Waals surface area contributed by atoms with Gasteiger partial charge in [0.1, 0.15) is 6.17 Å². The molecule has 58 heavy (non-hydrogen) atoms. The fourth-order valence-electron chi connectivity index (χ4n) is 7.03. The molecule has 2 atom stereocenters. The number of anilines is 1. The van der Waals surface area contributed by atoms with Crippen molar-refractivity contribution in [1.29, 1.82) is 0 Å². The van der Waals surface area contributed by atoms with E-state index in [-0.39, 0.29) is 12.0 Å². The van der Waals surface area contributed by atoms with E-state index in [1.165, 1.54) is 0 Å². The van der Waals surface area contributed by atoms with Crippen LogP contribution in [0.3, 0.4) is 0 Å². The lowest BCUT2D eigenvalue weighted by molar-refractivity contribution is 0.0853. The summed E-state index contributed by atoms with van der Waals surface area (Å²) in [5.74, 6) is 4.41. The number of oxime groups is 1. The minimum absolute atomic E-state index is 0.186. The van der Waals surface area contributed by atoms with E-state index in [1.807, 2.05) is 48.5 Å². The third-order valence-electron chi connectivity index (χ3n) is 10.1. The predicted molar refractivity (Wildman–Crippen MR) is 222 cm³/mol. The van der Waals surface area contributed by atoms with E-state index in [0.29, 0.717) is 76.2 Å². The lowest BCUT2D eigenvalue weighted by atomic mass is 9.99. The molecule has 0 bridgehead atoms. The van der Waals surface area contributed by atoms with Gasteiger partial charge in [0.2, 0.25) is 11.5 Å². The third kappa shape index (κ3) is 9.87. The molecule has 2 N–H and O–H groups in total. The SMILES string of the molecule is COc1cc(C2NC(=O)c3cc(Cl)ccc3N2)ccc1OCCCCCCCCCOc1c(OC)cc(C2=NOC(c3cc(OC)c(OC)c(OC)c3)C2)cc1OC. The van der Waals surface area contributed by atoms with Crippen LogP contribution in [-0.2, 0) is 4.84 Å². The highest BCUT2D eigenvalue weighted by molar-refractivity contribution is 6.31. The van der Waals surface area contributed by atoms with Crippen molar-refractivity contribution < 1.29 is 47.5 Å². The van der Waals surface area contributed by atoms with Crippen molar-refractivity contribution in [2.24, 2.45) is 5.16 Å². The summed E-state index contributed by atoms with van der Waals surface area (Å²) in [5.41, 5.74) is 4.53. The Morgan fingerprint density at radius 1 is 0.621 bits per heavy atom. The maximum Gasteiger partial charge on any atom is 0.255 e. The minimum Gasteiger partial charge on any atom is -0.493 e. The van der Waals surface area contributed by atoms with Crippen molar-refractivity contribution >= 4 is 28.9 Å². The maximum absolute atomic E-state index is 12.7. The Labute approximate surface area is 344 Å². The number of hydrogen-bond acceptors (Lipinski definition) is 12. The van der Waals surface area contributed by atoms with Gasteiger partial charge in [0, 0.05) is 28.3 Å². The average Bonchev–Trinajstić information content (AvgIpc) is 3.75. The zero-order chi connectivity index (χ0) is 41.0. The van der Waals surface area contributed by atoms with E-state index < -0.39 is 6.17 Å². The number of nitrogens with one attached hydrogen (secondary N) is 2. The second-order valence-electron chi connectivity index (χ2n) is 13.8. The third-order valence-corrected chi connectivity index (χ3v) is 10.4. The number of carbonyl (C=O) groups excluding carboxylic acids is 1. The number of halogens is 1. The van der Waals surface area contributed by atoms with Gasteiger partial charge in [0.25, 0.3) is 5.91 Å². The summed E-state index contributed by atoms with van der Waals surface area (Å²) in [6, 6.07) is 18.5. The Hall–Kier alpha value is -5.69. The molecule has 4 aromatic carbocycles. The molecule has 2 heterocycles. The second-order valence-corrected chi connectivity index (χ2v) is 14.3. The zero-order valence-electron chi connectivity index (χ0n) is 33.9. The van der Waals surface area contributed by atoms with Gasteiger partial charge >= 0.3 is 0 Å². The van der Waals surface area contributed by atoms with Gasteiger partial charge in [-0.25, -0.2) is 0 Å². The van der Waals surface area contributed by atoms with Gasteiger partial charge in [-0.2, -0.15) is 0 Å². The largest absolute Gasteiger partial charge is 0.493 e. The number of unbranched alkanes of at least 4 members (excludes halogenated alkanes) is 6. The van der Waals surface area contributed by atoms with Crippen molar-refractivity contribution in [2.75, 3.05) is 61.2 Å². The highest BCUT2D eigenvalue weighted by atomic mass is 35.5. The van der Waals surface area contributed by atoms with E-state index in [9.17, 15) is 4.79 Å². The monoisotopic (exact) mass is 817 g/mol. The first kappa shape index (κ1) is 41.9. The first-order valence-corrected chi connectivity index (χ1v) is 19.8.